The van der Waals surface area contributed by atoms with Crippen LogP contribution in [-0.2, 0) is 19.1 Å². The molecule has 2 aromatic rings. The number of hydrogen-bond acceptors (Lipinski definition) is 9. The van der Waals surface area contributed by atoms with Gasteiger partial charge < -0.3 is 33.2 Å². The number of carbonyl (C=O) groups excluding carboxylic acids is 2. The zero-order valence-corrected chi connectivity index (χ0v) is 26.3. The summed E-state index contributed by atoms with van der Waals surface area (Å²) in [6.45, 7) is 24.4. The first-order valence-corrected chi connectivity index (χ1v) is 14.1. The summed E-state index contributed by atoms with van der Waals surface area (Å²) in [5.41, 5.74) is 2.62. The molecule has 9 nitrogen and oxygen atoms in total. The number of esters is 2. The van der Waals surface area contributed by atoms with Crippen molar-refractivity contribution < 1.29 is 42.7 Å². The molecular weight excluding hydrogens is 540 g/mol. The lowest BCUT2D eigenvalue weighted by atomic mass is 9.94. The molecule has 9 heteroatoms. The predicted molar refractivity (Wildman–Crippen MR) is 161 cm³/mol. The van der Waals surface area contributed by atoms with Gasteiger partial charge in [0.1, 0.15) is 11.5 Å². The van der Waals surface area contributed by atoms with E-state index < -0.39 is 24.5 Å². The molecule has 0 aliphatic heterocycles. The molecule has 0 amide bonds. The van der Waals surface area contributed by atoms with Crippen molar-refractivity contribution in [2.75, 3.05) is 19.8 Å². The van der Waals surface area contributed by atoms with Gasteiger partial charge in [-0.3, -0.25) is 0 Å². The Morgan fingerprint density at radius 3 is 1.71 bits per heavy atom. The number of hydrogen-bond donors (Lipinski definition) is 0. The van der Waals surface area contributed by atoms with Gasteiger partial charge in [-0.2, -0.15) is 0 Å². The van der Waals surface area contributed by atoms with Crippen LogP contribution in [0.2, 0.25) is 0 Å². The minimum absolute atomic E-state index is 0.0276. The Hall–Kier alpha value is -4.14. The molecule has 0 heterocycles. The minimum Gasteiger partial charge on any atom is -0.494 e. The molecule has 0 saturated carbocycles. The summed E-state index contributed by atoms with van der Waals surface area (Å²) in [5, 5.41) is 0. The molecule has 0 fully saturated rings. The summed E-state index contributed by atoms with van der Waals surface area (Å²) in [7, 11) is 0. The van der Waals surface area contributed by atoms with E-state index in [1.54, 1.807) is 33.8 Å². The molecule has 0 radical (unpaired) electrons. The Kier molecular flexibility index (Phi) is 12.8. The molecule has 0 saturated heterocycles. The first-order chi connectivity index (χ1) is 19.8. The first kappa shape index (κ1) is 34.1. The van der Waals surface area contributed by atoms with E-state index in [4.69, 9.17) is 33.2 Å². The van der Waals surface area contributed by atoms with Crippen LogP contribution in [0.25, 0.3) is 11.1 Å². The first-order valence-electron chi connectivity index (χ1n) is 14.1. The molecule has 230 valence electrons. The van der Waals surface area contributed by atoms with Crippen LogP contribution in [0.4, 0.5) is 0 Å². The quantitative estimate of drug-likeness (QED) is 0.114. The van der Waals surface area contributed by atoms with Crippen molar-refractivity contribution in [3.05, 3.63) is 54.1 Å². The fraction of sp³-hybridized carbons (Fsp3) is 0.455. The van der Waals surface area contributed by atoms with Gasteiger partial charge in [-0.1, -0.05) is 27.0 Å². The van der Waals surface area contributed by atoms with Crippen LogP contribution in [-0.4, -0.2) is 44.3 Å². The molecule has 2 aromatic carbocycles. The highest BCUT2D eigenvalue weighted by molar-refractivity contribution is 5.87. The Morgan fingerprint density at radius 2 is 1.21 bits per heavy atom. The fourth-order valence-corrected chi connectivity index (χ4v) is 3.93. The van der Waals surface area contributed by atoms with Crippen LogP contribution in [0.15, 0.2) is 48.6 Å². The molecular formula is C33H44O9. The Balaban J connectivity index is 2.80. The second-order valence-corrected chi connectivity index (χ2v) is 9.85. The van der Waals surface area contributed by atoms with Gasteiger partial charge >= 0.3 is 11.9 Å². The summed E-state index contributed by atoms with van der Waals surface area (Å²) in [5.74, 6) is 1.000. The normalized spacial score (nSPS) is 12.1. The van der Waals surface area contributed by atoms with Crippen molar-refractivity contribution in [3.8, 4) is 39.9 Å². The SMILES string of the molecule is C=C(C)C(=O)OC(C)Oc1cc(OCC)ccc1-c1cc(C(C)C)c(OC(C)OC(=O)C(=C)C)c(OCC)c1OCC. The van der Waals surface area contributed by atoms with Crippen molar-refractivity contribution in [2.24, 2.45) is 0 Å². The lowest BCUT2D eigenvalue weighted by molar-refractivity contribution is -0.157. The summed E-state index contributed by atoms with van der Waals surface area (Å²) in [6.07, 6.45) is -1.86. The number of rotatable bonds is 16. The van der Waals surface area contributed by atoms with Crippen molar-refractivity contribution >= 4 is 11.9 Å². The van der Waals surface area contributed by atoms with E-state index in [0.717, 1.165) is 5.56 Å². The third kappa shape index (κ3) is 8.93. The molecule has 0 aliphatic carbocycles. The molecule has 42 heavy (non-hydrogen) atoms. The number of ether oxygens (including phenoxy) is 7. The van der Waals surface area contributed by atoms with E-state index >= 15 is 0 Å². The number of benzene rings is 2. The van der Waals surface area contributed by atoms with Gasteiger partial charge in [0, 0.05) is 47.8 Å². The van der Waals surface area contributed by atoms with Crippen LogP contribution in [0.3, 0.4) is 0 Å². The minimum atomic E-state index is -0.931. The van der Waals surface area contributed by atoms with Crippen molar-refractivity contribution in [3.63, 3.8) is 0 Å². The van der Waals surface area contributed by atoms with Gasteiger partial charge in [0.05, 0.1) is 19.8 Å². The smallest absolute Gasteiger partial charge is 0.336 e. The third-order valence-corrected chi connectivity index (χ3v) is 5.79. The van der Waals surface area contributed by atoms with Crippen LogP contribution in [0.1, 0.15) is 73.8 Å². The van der Waals surface area contributed by atoms with E-state index in [-0.39, 0.29) is 17.1 Å². The molecule has 0 N–H and O–H groups in total. The fourth-order valence-electron chi connectivity index (χ4n) is 3.93. The van der Waals surface area contributed by atoms with Crippen LogP contribution in [0.5, 0.6) is 28.7 Å². The molecule has 0 aliphatic rings. The highest BCUT2D eigenvalue weighted by atomic mass is 16.7. The lowest BCUT2D eigenvalue weighted by Crippen LogP contribution is -2.22. The second kappa shape index (κ2) is 15.7. The van der Waals surface area contributed by atoms with Gasteiger partial charge in [-0.25, -0.2) is 9.59 Å². The van der Waals surface area contributed by atoms with E-state index in [1.165, 1.54) is 0 Å². The second-order valence-electron chi connectivity index (χ2n) is 9.85. The average Bonchev–Trinajstić information content (AvgIpc) is 2.90. The zero-order valence-electron chi connectivity index (χ0n) is 26.3. The maximum absolute atomic E-state index is 12.2. The van der Waals surface area contributed by atoms with Gasteiger partial charge in [-0.05, 0) is 58.7 Å². The third-order valence-electron chi connectivity index (χ3n) is 5.79. The van der Waals surface area contributed by atoms with Crippen molar-refractivity contribution in [1.82, 2.24) is 0 Å². The van der Waals surface area contributed by atoms with Crippen LogP contribution >= 0.6 is 0 Å². The molecule has 2 atom stereocenters. The average molecular weight is 585 g/mol. The topological polar surface area (TPSA) is 98.8 Å². The molecule has 2 rings (SSSR count). The van der Waals surface area contributed by atoms with Crippen molar-refractivity contribution in [2.45, 2.75) is 80.8 Å². The number of carbonyl (C=O) groups is 2. The highest BCUT2D eigenvalue weighted by Gasteiger charge is 2.28. The summed E-state index contributed by atoms with van der Waals surface area (Å²) in [6, 6.07) is 7.35. The van der Waals surface area contributed by atoms with E-state index in [1.807, 2.05) is 52.8 Å². The van der Waals surface area contributed by atoms with Gasteiger partial charge in [0.2, 0.25) is 18.3 Å². The van der Waals surface area contributed by atoms with Gasteiger partial charge in [0.15, 0.2) is 11.5 Å². The Labute approximate surface area is 249 Å². The molecule has 0 spiro atoms. The van der Waals surface area contributed by atoms with E-state index in [9.17, 15) is 9.59 Å². The van der Waals surface area contributed by atoms with Gasteiger partial charge in [0.25, 0.3) is 0 Å². The largest absolute Gasteiger partial charge is 0.494 e. The molecule has 0 bridgehead atoms. The predicted octanol–water partition coefficient (Wildman–Crippen LogP) is 7.36. The lowest BCUT2D eigenvalue weighted by Gasteiger charge is -2.26. The maximum Gasteiger partial charge on any atom is 0.336 e. The summed E-state index contributed by atoms with van der Waals surface area (Å²) in [4.78, 5) is 24.3. The summed E-state index contributed by atoms with van der Waals surface area (Å²) >= 11 is 0. The van der Waals surface area contributed by atoms with E-state index in [0.29, 0.717) is 59.7 Å². The Bertz CT molecular complexity index is 1280. The van der Waals surface area contributed by atoms with Crippen LogP contribution < -0.4 is 23.7 Å². The highest BCUT2D eigenvalue weighted by Crippen LogP contribution is 2.51. The molecule has 2 unspecified atom stereocenters. The Morgan fingerprint density at radius 1 is 0.690 bits per heavy atom. The standard InChI is InChI=1S/C33H44O9/c1-12-36-24-15-16-25(28(17-24)39-22(10)41-32(34)20(6)7)27-18-26(19(4)5)30(31(38-14-3)29(27)37-13-2)40-23(11)42-33(35)21(8)9/h15-19,22-23H,6,8,12-14H2,1-5,7,9-11H3. The monoisotopic (exact) mass is 584 g/mol. The van der Waals surface area contributed by atoms with Crippen molar-refractivity contribution in [1.29, 1.82) is 0 Å². The zero-order chi connectivity index (χ0) is 31.6. The van der Waals surface area contributed by atoms with Gasteiger partial charge in [-0.15, -0.1) is 0 Å². The maximum atomic E-state index is 12.2. The molecule has 0 aromatic heterocycles. The van der Waals surface area contributed by atoms with Crippen LogP contribution in [0, 0.1) is 0 Å². The summed E-state index contributed by atoms with van der Waals surface area (Å²) < 4.78 is 41.2. The van der Waals surface area contributed by atoms with E-state index in [2.05, 4.69) is 13.2 Å².